The molecule has 2 heterocycles. The zero-order valence-electron chi connectivity index (χ0n) is 19.4. The summed E-state index contributed by atoms with van der Waals surface area (Å²) in [7, 11) is 0. The summed E-state index contributed by atoms with van der Waals surface area (Å²) in [6.45, 7) is 5.47. The molecule has 1 aliphatic heterocycles. The van der Waals surface area contributed by atoms with Crippen molar-refractivity contribution in [1.82, 2.24) is 9.88 Å². The number of aryl methyl sites for hydroxylation is 2. The van der Waals surface area contributed by atoms with Gasteiger partial charge in [-0.1, -0.05) is 54.1 Å². The number of amides is 2. The Kier molecular flexibility index (Phi) is 5.76. The van der Waals surface area contributed by atoms with E-state index in [0.29, 0.717) is 12.1 Å². The standard InChI is InChI=1S/C29H27N3O2/c1-3-31-19-23(24-9-5-7-11-27(24)31)18-25(30-28(33)22-14-12-20(2)13-15-22)29(34)32-17-16-21-8-4-6-10-26(21)32/h4-15,18-19H,3,16-17H2,1-2H3,(H,30,33). The minimum Gasteiger partial charge on any atom is -0.347 e. The average Bonchev–Trinajstić information content (AvgIpc) is 3.45. The highest BCUT2D eigenvalue weighted by atomic mass is 16.2. The van der Waals surface area contributed by atoms with Crippen LogP contribution in [0.1, 0.15) is 34.0 Å². The zero-order chi connectivity index (χ0) is 23.7. The molecule has 1 N–H and O–H groups in total. The van der Waals surface area contributed by atoms with Crippen molar-refractivity contribution >= 4 is 34.5 Å². The van der Waals surface area contributed by atoms with E-state index in [1.165, 1.54) is 0 Å². The van der Waals surface area contributed by atoms with Crippen LogP contribution in [0.4, 0.5) is 5.69 Å². The van der Waals surface area contributed by atoms with Gasteiger partial charge in [0.1, 0.15) is 5.70 Å². The molecule has 34 heavy (non-hydrogen) atoms. The van der Waals surface area contributed by atoms with Crippen LogP contribution in [0.2, 0.25) is 0 Å². The molecule has 0 aliphatic carbocycles. The van der Waals surface area contributed by atoms with E-state index in [9.17, 15) is 9.59 Å². The van der Waals surface area contributed by atoms with Crippen molar-refractivity contribution < 1.29 is 9.59 Å². The van der Waals surface area contributed by atoms with Gasteiger partial charge in [0.05, 0.1) is 0 Å². The van der Waals surface area contributed by atoms with E-state index in [0.717, 1.165) is 46.2 Å². The third-order valence-corrected chi connectivity index (χ3v) is 6.38. The maximum atomic E-state index is 13.8. The second kappa shape index (κ2) is 9.02. The van der Waals surface area contributed by atoms with Gasteiger partial charge in [-0.15, -0.1) is 0 Å². The lowest BCUT2D eigenvalue weighted by atomic mass is 10.1. The Labute approximate surface area is 199 Å². The molecule has 5 nitrogen and oxygen atoms in total. The van der Waals surface area contributed by atoms with Crippen LogP contribution in [0.3, 0.4) is 0 Å². The molecule has 5 rings (SSSR count). The van der Waals surface area contributed by atoms with Crippen LogP contribution in [0, 0.1) is 6.92 Å². The number of nitrogens with zero attached hydrogens (tertiary/aromatic N) is 2. The van der Waals surface area contributed by atoms with Crippen molar-refractivity contribution in [3.8, 4) is 0 Å². The Bertz CT molecular complexity index is 1410. The van der Waals surface area contributed by atoms with E-state index in [1.54, 1.807) is 17.0 Å². The molecule has 0 unspecified atom stereocenters. The van der Waals surface area contributed by atoms with Crippen LogP contribution >= 0.6 is 0 Å². The summed E-state index contributed by atoms with van der Waals surface area (Å²) in [6, 6.07) is 23.4. The molecule has 0 atom stereocenters. The zero-order valence-corrected chi connectivity index (χ0v) is 19.4. The van der Waals surface area contributed by atoms with Gasteiger partial charge in [0.15, 0.2) is 0 Å². The number of fused-ring (bicyclic) bond motifs is 2. The van der Waals surface area contributed by atoms with Gasteiger partial charge in [-0.2, -0.15) is 0 Å². The first-order valence-electron chi connectivity index (χ1n) is 11.6. The quantitative estimate of drug-likeness (QED) is 0.419. The largest absolute Gasteiger partial charge is 0.347 e. The smallest absolute Gasteiger partial charge is 0.274 e. The molecule has 3 aromatic carbocycles. The molecule has 2 amide bonds. The Morgan fingerprint density at radius 3 is 2.50 bits per heavy atom. The van der Waals surface area contributed by atoms with Crippen molar-refractivity contribution in [3.05, 3.63) is 107 Å². The topological polar surface area (TPSA) is 54.3 Å². The number of para-hydroxylation sites is 2. The molecule has 1 aromatic heterocycles. The summed E-state index contributed by atoms with van der Waals surface area (Å²) >= 11 is 0. The number of carbonyl (C=O) groups excluding carboxylic acids is 2. The van der Waals surface area contributed by atoms with Gasteiger partial charge < -0.3 is 14.8 Å². The number of carbonyl (C=O) groups is 2. The van der Waals surface area contributed by atoms with Gasteiger partial charge in [0.2, 0.25) is 0 Å². The molecule has 5 heteroatoms. The normalized spacial score (nSPS) is 13.2. The number of aromatic nitrogens is 1. The molecule has 170 valence electrons. The predicted octanol–water partition coefficient (Wildman–Crippen LogP) is 5.33. The van der Waals surface area contributed by atoms with Crippen molar-refractivity contribution in [3.63, 3.8) is 0 Å². The minimum atomic E-state index is -0.300. The Hall–Kier alpha value is -4.12. The van der Waals surface area contributed by atoms with E-state index >= 15 is 0 Å². The Morgan fingerprint density at radius 1 is 0.971 bits per heavy atom. The fourth-order valence-electron chi connectivity index (χ4n) is 4.55. The third kappa shape index (κ3) is 4.01. The second-order valence-corrected chi connectivity index (χ2v) is 8.60. The highest BCUT2D eigenvalue weighted by molar-refractivity contribution is 6.13. The van der Waals surface area contributed by atoms with Gasteiger partial charge in [-0.05, 0) is 56.2 Å². The first-order chi connectivity index (χ1) is 16.5. The van der Waals surface area contributed by atoms with Crippen molar-refractivity contribution in [2.75, 3.05) is 11.4 Å². The highest BCUT2D eigenvalue weighted by Gasteiger charge is 2.28. The summed E-state index contributed by atoms with van der Waals surface area (Å²) in [5.74, 6) is -0.509. The SMILES string of the molecule is CCn1cc(C=C(NC(=O)c2ccc(C)cc2)C(=O)N2CCc3ccccc32)c2ccccc21. The van der Waals surface area contributed by atoms with Crippen molar-refractivity contribution in [2.24, 2.45) is 0 Å². The lowest BCUT2D eigenvalue weighted by Gasteiger charge is -2.20. The first-order valence-corrected chi connectivity index (χ1v) is 11.6. The van der Waals surface area contributed by atoms with Crippen LogP contribution in [0.5, 0.6) is 0 Å². The third-order valence-electron chi connectivity index (χ3n) is 6.38. The van der Waals surface area contributed by atoms with Gasteiger partial charge in [0.25, 0.3) is 11.8 Å². The molecule has 0 saturated carbocycles. The predicted molar refractivity (Wildman–Crippen MR) is 137 cm³/mol. The fraction of sp³-hybridized carbons (Fsp3) is 0.172. The molecule has 4 aromatic rings. The van der Waals surface area contributed by atoms with Crippen LogP contribution in [0.25, 0.3) is 17.0 Å². The van der Waals surface area contributed by atoms with E-state index in [4.69, 9.17) is 0 Å². The number of rotatable bonds is 5. The Balaban J connectivity index is 1.57. The van der Waals surface area contributed by atoms with Crippen molar-refractivity contribution in [1.29, 1.82) is 0 Å². The average molecular weight is 450 g/mol. The monoisotopic (exact) mass is 449 g/mol. The van der Waals surface area contributed by atoms with Crippen LogP contribution in [0.15, 0.2) is 84.7 Å². The molecular weight excluding hydrogens is 422 g/mol. The van der Waals surface area contributed by atoms with Gasteiger partial charge in [-0.25, -0.2) is 0 Å². The van der Waals surface area contributed by atoms with E-state index in [2.05, 4.69) is 22.9 Å². The van der Waals surface area contributed by atoms with Gasteiger partial charge >= 0.3 is 0 Å². The number of hydrogen-bond acceptors (Lipinski definition) is 2. The summed E-state index contributed by atoms with van der Waals surface area (Å²) in [5.41, 5.74) is 5.89. The molecule has 0 bridgehead atoms. The molecule has 0 spiro atoms. The maximum absolute atomic E-state index is 13.8. The lowest BCUT2D eigenvalue weighted by Crippen LogP contribution is -2.37. The van der Waals surface area contributed by atoms with Gasteiger partial charge in [0, 0.05) is 47.0 Å². The number of anilines is 1. The van der Waals surface area contributed by atoms with Crippen LogP contribution < -0.4 is 10.2 Å². The van der Waals surface area contributed by atoms with Crippen LogP contribution in [-0.4, -0.2) is 22.9 Å². The van der Waals surface area contributed by atoms with Crippen molar-refractivity contribution in [2.45, 2.75) is 26.8 Å². The van der Waals surface area contributed by atoms with E-state index in [-0.39, 0.29) is 17.5 Å². The summed E-state index contributed by atoms with van der Waals surface area (Å²) in [6.07, 6.45) is 4.65. The number of benzene rings is 3. The maximum Gasteiger partial charge on any atom is 0.274 e. The highest BCUT2D eigenvalue weighted by Crippen LogP contribution is 2.30. The molecule has 0 fully saturated rings. The van der Waals surface area contributed by atoms with E-state index in [1.807, 2.05) is 73.8 Å². The molecule has 0 saturated heterocycles. The summed E-state index contributed by atoms with van der Waals surface area (Å²) in [5, 5.41) is 3.97. The first kappa shape index (κ1) is 21.7. The summed E-state index contributed by atoms with van der Waals surface area (Å²) in [4.78, 5) is 28.7. The molecule has 0 radical (unpaired) electrons. The summed E-state index contributed by atoms with van der Waals surface area (Å²) < 4.78 is 2.15. The van der Waals surface area contributed by atoms with Crippen LogP contribution in [-0.2, 0) is 17.8 Å². The van der Waals surface area contributed by atoms with E-state index < -0.39 is 0 Å². The number of hydrogen-bond donors (Lipinski definition) is 1. The second-order valence-electron chi connectivity index (χ2n) is 8.60. The number of nitrogens with one attached hydrogen (secondary N) is 1. The molecule has 1 aliphatic rings. The fourth-order valence-corrected chi connectivity index (χ4v) is 4.55. The lowest BCUT2D eigenvalue weighted by molar-refractivity contribution is -0.115. The Morgan fingerprint density at radius 2 is 1.71 bits per heavy atom. The van der Waals surface area contributed by atoms with Gasteiger partial charge in [-0.3, -0.25) is 9.59 Å². The molecular formula is C29H27N3O2. The minimum absolute atomic E-state index is 0.209.